The molecule has 0 bridgehead atoms. The van der Waals surface area contributed by atoms with Crippen molar-refractivity contribution in [2.24, 2.45) is 0 Å². The molecule has 0 saturated heterocycles. The van der Waals surface area contributed by atoms with Gasteiger partial charge in [-0.05, 0) is 81.3 Å². The zero-order chi connectivity index (χ0) is 30.3. The molecule has 0 unspecified atom stereocenters. The first-order valence-electron chi connectivity index (χ1n) is 15.1. The summed E-state index contributed by atoms with van der Waals surface area (Å²) in [6.45, 7) is 4.08. The van der Waals surface area contributed by atoms with Crippen LogP contribution in [0.5, 0.6) is 0 Å². The Kier molecular flexibility index (Phi) is 6.48. The van der Waals surface area contributed by atoms with Crippen LogP contribution >= 0.6 is 22.7 Å². The minimum atomic E-state index is -3.67. The Morgan fingerprint density at radius 1 is 1.02 bits per heavy atom. The van der Waals surface area contributed by atoms with E-state index in [1.54, 1.807) is 17.4 Å². The molecule has 0 radical (unpaired) electrons. The molecule has 2 saturated carbocycles. The molecular weight excluding hydrogens is 615 g/mol. The summed E-state index contributed by atoms with van der Waals surface area (Å²) >= 11 is 2.96. The molecule has 8 rings (SSSR count). The van der Waals surface area contributed by atoms with Gasteiger partial charge in [0.1, 0.15) is 6.54 Å². The Bertz CT molecular complexity index is 2130. The van der Waals surface area contributed by atoms with Crippen LogP contribution in [-0.2, 0) is 21.4 Å². The van der Waals surface area contributed by atoms with E-state index in [0.717, 1.165) is 90.6 Å². The van der Waals surface area contributed by atoms with E-state index >= 15 is 0 Å². The molecule has 0 spiro atoms. The highest BCUT2D eigenvalue weighted by molar-refractivity contribution is 7.91. The number of aryl methyl sites for hydroxylation is 2. The minimum Gasteiger partial charge on any atom is -0.330 e. The predicted molar refractivity (Wildman–Crippen MR) is 175 cm³/mol. The van der Waals surface area contributed by atoms with Gasteiger partial charge in [-0.1, -0.05) is 19.3 Å². The Hall–Kier alpha value is -3.61. The molecule has 2 fully saturated rings. The lowest BCUT2D eigenvalue weighted by Crippen LogP contribution is -2.32. The van der Waals surface area contributed by atoms with Gasteiger partial charge in [-0.2, -0.15) is 0 Å². The second-order valence-electron chi connectivity index (χ2n) is 12.1. The number of hydrogen-bond acceptors (Lipinski definition) is 8. The van der Waals surface area contributed by atoms with Gasteiger partial charge in [0.2, 0.25) is 15.9 Å². The predicted octanol–water partition coefficient (Wildman–Crippen LogP) is 6.88. The van der Waals surface area contributed by atoms with Crippen molar-refractivity contribution in [3.8, 4) is 21.8 Å². The van der Waals surface area contributed by atoms with Crippen molar-refractivity contribution in [1.29, 1.82) is 0 Å². The van der Waals surface area contributed by atoms with E-state index < -0.39 is 21.2 Å². The van der Waals surface area contributed by atoms with Crippen molar-refractivity contribution in [2.45, 2.75) is 76.5 Å². The maximum atomic E-state index is 13.5. The maximum Gasteiger partial charge on any atom is 0.274 e. The number of thiophene rings is 1. The molecule has 5 aromatic rings. The minimum absolute atomic E-state index is 0.0950. The number of nitrogens with zero attached hydrogens (tertiary/aromatic N) is 3. The Morgan fingerprint density at radius 2 is 1.82 bits per heavy atom. The number of pyridine rings is 1. The summed E-state index contributed by atoms with van der Waals surface area (Å²) in [6.07, 6.45) is 6.68. The highest BCUT2D eigenvalue weighted by atomic mass is 32.2. The van der Waals surface area contributed by atoms with Gasteiger partial charge in [-0.15, -0.1) is 22.7 Å². The lowest BCUT2D eigenvalue weighted by atomic mass is 9.83. The SMILES string of the molecule is Cc1nc(C)c(-c2ccc3c4c(ccc3n2)-c2c(C3CCCCC3)c3sc(C(=O)NS(=O)(=O)C5CC5)cc3n2CC(=O)N4)s1. The number of carbonyl (C=O) groups is 2. The Balaban J connectivity index is 1.30. The Morgan fingerprint density at radius 3 is 2.55 bits per heavy atom. The molecule has 1 aliphatic heterocycles. The second kappa shape index (κ2) is 10.2. The normalized spacial score (nSPS) is 17.4. The summed E-state index contributed by atoms with van der Waals surface area (Å²) in [6, 6.07) is 9.88. The molecule has 4 aromatic heterocycles. The van der Waals surface area contributed by atoms with Crippen molar-refractivity contribution in [2.75, 3.05) is 5.32 Å². The summed E-state index contributed by atoms with van der Waals surface area (Å²) < 4.78 is 30.4. The van der Waals surface area contributed by atoms with Crippen molar-refractivity contribution >= 4 is 71.3 Å². The number of sulfonamides is 1. The van der Waals surface area contributed by atoms with E-state index in [4.69, 9.17) is 4.98 Å². The van der Waals surface area contributed by atoms with Gasteiger partial charge >= 0.3 is 0 Å². The van der Waals surface area contributed by atoms with Crippen molar-refractivity contribution in [3.05, 3.63) is 51.5 Å². The third-order valence-electron chi connectivity index (χ3n) is 9.04. The Labute approximate surface area is 262 Å². The number of nitrogens with one attached hydrogen (secondary N) is 2. The van der Waals surface area contributed by atoms with Gasteiger partial charge in [0.25, 0.3) is 5.91 Å². The smallest absolute Gasteiger partial charge is 0.274 e. The molecule has 2 N–H and O–H groups in total. The van der Waals surface area contributed by atoms with Crippen LogP contribution in [0.2, 0.25) is 0 Å². The molecule has 12 heteroatoms. The standard InChI is InChI=1S/C32H31N5O4S3/c1-16-30(42-17(2)33-16)23-13-10-20-22(34-23)12-11-21-28(20)35-26(38)15-37-24-14-25(32(39)36-44(40,41)19-8-9-19)43-31(24)27(29(21)37)18-6-4-3-5-7-18/h10-14,18-19H,3-9,15H2,1-2H3,(H,35,38)(H,36,39). The molecule has 1 aromatic carbocycles. The average Bonchev–Trinajstić information content (AvgIpc) is 3.65. The summed E-state index contributed by atoms with van der Waals surface area (Å²) in [5, 5.41) is 4.57. The third-order valence-corrected chi connectivity index (χ3v) is 13.1. The number of benzene rings is 1. The third kappa shape index (κ3) is 4.57. The van der Waals surface area contributed by atoms with Crippen LogP contribution in [0.4, 0.5) is 5.69 Å². The maximum absolute atomic E-state index is 13.5. The number of thiazole rings is 1. The molecular formula is C32H31N5O4S3. The molecule has 2 amide bonds. The van der Waals surface area contributed by atoms with Crippen LogP contribution in [-0.4, -0.2) is 40.0 Å². The molecule has 5 heterocycles. The number of hydrogen-bond donors (Lipinski definition) is 2. The summed E-state index contributed by atoms with van der Waals surface area (Å²) in [5.74, 6) is -0.474. The van der Waals surface area contributed by atoms with Crippen molar-refractivity contribution in [1.82, 2.24) is 19.3 Å². The van der Waals surface area contributed by atoms with E-state index in [9.17, 15) is 18.0 Å². The van der Waals surface area contributed by atoms with Gasteiger partial charge in [0, 0.05) is 10.9 Å². The lowest BCUT2D eigenvalue weighted by Gasteiger charge is -2.23. The van der Waals surface area contributed by atoms with Gasteiger partial charge in [-0.25, -0.2) is 23.1 Å². The highest BCUT2D eigenvalue weighted by Gasteiger charge is 2.38. The summed E-state index contributed by atoms with van der Waals surface area (Å²) in [7, 11) is -3.67. The number of rotatable bonds is 5. The topological polar surface area (TPSA) is 123 Å². The van der Waals surface area contributed by atoms with E-state index in [1.165, 1.54) is 17.8 Å². The van der Waals surface area contributed by atoms with Gasteiger partial charge in [0.15, 0.2) is 0 Å². The van der Waals surface area contributed by atoms with Crippen LogP contribution in [0.25, 0.3) is 42.9 Å². The fourth-order valence-electron chi connectivity index (χ4n) is 6.88. The van der Waals surface area contributed by atoms with E-state index in [0.29, 0.717) is 17.7 Å². The number of amides is 2. The number of fused-ring (bicyclic) bond motifs is 7. The van der Waals surface area contributed by atoms with E-state index in [-0.39, 0.29) is 18.4 Å². The van der Waals surface area contributed by atoms with Crippen LogP contribution < -0.4 is 10.0 Å². The molecule has 0 atom stereocenters. The average molecular weight is 646 g/mol. The fraction of sp³-hybridized carbons (Fsp3) is 0.375. The number of anilines is 1. The second-order valence-corrected chi connectivity index (χ2v) is 16.3. The van der Waals surface area contributed by atoms with Crippen molar-refractivity contribution in [3.63, 3.8) is 0 Å². The van der Waals surface area contributed by atoms with Gasteiger partial charge in [-0.3, -0.25) is 9.59 Å². The van der Waals surface area contributed by atoms with Crippen LogP contribution in [0, 0.1) is 13.8 Å². The van der Waals surface area contributed by atoms with Crippen molar-refractivity contribution < 1.29 is 18.0 Å². The largest absolute Gasteiger partial charge is 0.330 e. The quantitative estimate of drug-likeness (QED) is 0.215. The van der Waals surface area contributed by atoms with Crippen LogP contribution in [0.15, 0.2) is 30.3 Å². The molecule has 2 aliphatic carbocycles. The van der Waals surface area contributed by atoms with Crippen LogP contribution in [0.1, 0.15) is 76.8 Å². The molecule has 3 aliphatic rings. The first-order valence-corrected chi connectivity index (χ1v) is 18.3. The first-order chi connectivity index (χ1) is 21.2. The summed E-state index contributed by atoms with van der Waals surface area (Å²) in [5.41, 5.74) is 7.26. The summed E-state index contributed by atoms with van der Waals surface area (Å²) in [4.78, 5) is 37.6. The zero-order valence-electron chi connectivity index (χ0n) is 24.4. The van der Waals surface area contributed by atoms with Gasteiger partial charge < -0.3 is 9.88 Å². The zero-order valence-corrected chi connectivity index (χ0v) is 26.8. The van der Waals surface area contributed by atoms with Crippen LogP contribution in [0.3, 0.4) is 0 Å². The molecule has 9 nitrogen and oxygen atoms in total. The van der Waals surface area contributed by atoms with E-state index in [2.05, 4.69) is 21.1 Å². The fourth-order valence-corrected chi connectivity index (χ4v) is 10.3. The first kappa shape index (κ1) is 27.9. The molecule has 226 valence electrons. The monoisotopic (exact) mass is 645 g/mol. The van der Waals surface area contributed by atoms with E-state index in [1.807, 2.05) is 36.6 Å². The lowest BCUT2D eigenvalue weighted by molar-refractivity contribution is -0.116. The molecule has 44 heavy (non-hydrogen) atoms. The van der Waals surface area contributed by atoms with Gasteiger partial charge in [0.05, 0.1) is 58.5 Å². The number of aromatic nitrogens is 3. The number of carbonyl (C=O) groups excluding carboxylic acids is 2. The highest BCUT2D eigenvalue weighted by Crippen LogP contribution is 2.50.